The Hall–Kier alpha value is -2.85. The Morgan fingerprint density at radius 3 is 2.71 bits per heavy atom. The van der Waals surface area contributed by atoms with Gasteiger partial charge in [-0.3, -0.25) is 9.59 Å². The van der Waals surface area contributed by atoms with E-state index in [2.05, 4.69) is 11.6 Å². The number of allylic oxidation sites excluding steroid dienone is 1. The molecular weight excluding hydrogens is 324 g/mol. The number of ketones is 1. The summed E-state index contributed by atoms with van der Waals surface area (Å²) in [4.78, 5) is 26.2. The molecular formula is C19H15ClN2O2. The van der Waals surface area contributed by atoms with Crippen molar-refractivity contribution in [1.29, 1.82) is 0 Å². The summed E-state index contributed by atoms with van der Waals surface area (Å²) in [6, 6.07) is 11.0. The number of primary amides is 1. The minimum atomic E-state index is -0.484. The molecule has 3 N–H and O–H groups in total. The normalized spacial score (nSPS) is 10.7. The maximum Gasteiger partial charge on any atom is 0.250 e. The van der Waals surface area contributed by atoms with Gasteiger partial charge in [0.25, 0.3) is 5.91 Å². The monoisotopic (exact) mass is 338 g/mol. The van der Waals surface area contributed by atoms with Gasteiger partial charge < -0.3 is 10.7 Å². The summed E-state index contributed by atoms with van der Waals surface area (Å²) in [5.74, 6) is -0.577. The number of benzene rings is 2. The first-order valence-corrected chi connectivity index (χ1v) is 7.73. The van der Waals surface area contributed by atoms with Gasteiger partial charge in [-0.15, -0.1) is 0 Å². The van der Waals surface area contributed by atoms with Crippen LogP contribution in [-0.2, 0) is 11.2 Å². The summed E-state index contributed by atoms with van der Waals surface area (Å²) in [7, 11) is 0. The molecule has 0 unspecified atom stereocenters. The van der Waals surface area contributed by atoms with Crippen LogP contribution >= 0.6 is 11.6 Å². The molecule has 0 aliphatic carbocycles. The number of amides is 1. The predicted octanol–water partition coefficient (Wildman–Crippen LogP) is 3.88. The van der Waals surface area contributed by atoms with Crippen LogP contribution in [0.1, 0.15) is 15.9 Å². The zero-order chi connectivity index (χ0) is 17.3. The molecule has 0 saturated carbocycles. The molecule has 0 bridgehead atoms. The van der Waals surface area contributed by atoms with Crippen molar-refractivity contribution < 1.29 is 9.59 Å². The molecule has 1 heterocycles. The molecule has 0 aliphatic rings. The standard InChI is InChI=1S/C19H15ClN2O2/c1-2-13(23)10-12-9-11(3-6-17(12)20)14-4-5-16(19(21)24)18-15(14)7-8-22-18/h2-9,22H,1,10H2,(H2,21,24). The van der Waals surface area contributed by atoms with Gasteiger partial charge in [-0.1, -0.05) is 30.3 Å². The lowest BCUT2D eigenvalue weighted by molar-refractivity contribution is -0.114. The number of nitrogens with one attached hydrogen (secondary N) is 1. The molecule has 0 radical (unpaired) electrons. The van der Waals surface area contributed by atoms with Crippen LogP contribution in [0.3, 0.4) is 0 Å². The Bertz CT molecular complexity index is 973. The lowest BCUT2D eigenvalue weighted by Gasteiger charge is -2.09. The second kappa shape index (κ2) is 6.34. The summed E-state index contributed by atoms with van der Waals surface area (Å²) in [6.07, 6.45) is 3.25. The van der Waals surface area contributed by atoms with Crippen molar-refractivity contribution in [2.24, 2.45) is 5.73 Å². The highest BCUT2D eigenvalue weighted by atomic mass is 35.5. The second-order valence-corrected chi connectivity index (χ2v) is 5.85. The molecule has 1 amide bonds. The third kappa shape index (κ3) is 2.84. The molecule has 0 aliphatic heterocycles. The molecule has 3 aromatic rings. The number of H-pyrrole nitrogens is 1. The van der Waals surface area contributed by atoms with Crippen LogP contribution < -0.4 is 5.73 Å². The van der Waals surface area contributed by atoms with Gasteiger partial charge in [-0.05, 0) is 47.0 Å². The molecule has 0 fully saturated rings. The van der Waals surface area contributed by atoms with Crippen LogP contribution in [0.5, 0.6) is 0 Å². The average molecular weight is 339 g/mol. The molecule has 24 heavy (non-hydrogen) atoms. The van der Waals surface area contributed by atoms with Crippen LogP contribution in [0, 0.1) is 0 Å². The van der Waals surface area contributed by atoms with Crippen molar-refractivity contribution in [3.63, 3.8) is 0 Å². The van der Waals surface area contributed by atoms with Crippen LogP contribution in [0.25, 0.3) is 22.0 Å². The van der Waals surface area contributed by atoms with E-state index < -0.39 is 5.91 Å². The van der Waals surface area contributed by atoms with Gasteiger partial charge in [0.05, 0.1) is 11.1 Å². The largest absolute Gasteiger partial charge is 0.366 e. The van der Waals surface area contributed by atoms with Crippen molar-refractivity contribution >= 4 is 34.2 Å². The highest BCUT2D eigenvalue weighted by Crippen LogP contribution is 2.32. The van der Waals surface area contributed by atoms with Crippen molar-refractivity contribution in [3.8, 4) is 11.1 Å². The van der Waals surface area contributed by atoms with Gasteiger partial charge in [-0.2, -0.15) is 0 Å². The highest BCUT2D eigenvalue weighted by molar-refractivity contribution is 6.31. The van der Waals surface area contributed by atoms with E-state index in [1.165, 1.54) is 6.08 Å². The molecule has 0 atom stereocenters. The maximum absolute atomic E-state index is 11.6. The number of rotatable bonds is 5. The van der Waals surface area contributed by atoms with Crippen LogP contribution in [0.15, 0.2) is 55.3 Å². The fourth-order valence-electron chi connectivity index (χ4n) is 2.75. The summed E-state index contributed by atoms with van der Waals surface area (Å²) in [5, 5.41) is 1.42. The average Bonchev–Trinajstić information content (AvgIpc) is 3.05. The SMILES string of the molecule is C=CC(=O)Cc1cc(-c2ccc(C(N)=O)c3[nH]ccc23)ccc1Cl. The fourth-order valence-corrected chi connectivity index (χ4v) is 2.94. The number of hydrogen-bond acceptors (Lipinski definition) is 2. The lowest BCUT2D eigenvalue weighted by Crippen LogP contribution is -2.11. The van der Waals surface area contributed by atoms with Crippen LogP contribution in [-0.4, -0.2) is 16.7 Å². The van der Waals surface area contributed by atoms with Crippen molar-refractivity contribution in [2.75, 3.05) is 0 Å². The van der Waals surface area contributed by atoms with Gasteiger partial charge in [-0.25, -0.2) is 0 Å². The summed E-state index contributed by atoms with van der Waals surface area (Å²) < 4.78 is 0. The van der Waals surface area contributed by atoms with E-state index in [4.69, 9.17) is 17.3 Å². The van der Waals surface area contributed by atoms with E-state index >= 15 is 0 Å². The topological polar surface area (TPSA) is 76.0 Å². The second-order valence-electron chi connectivity index (χ2n) is 5.44. The Balaban J connectivity index is 2.14. The number of halogens is 1. The van der Waals surface area contributed by atoms with E-state index in [-0.39, 0.29) is 12.2 Å². The minimum Gasteiger partial charge on any atom is -0.366 e. The van der Waals surface area contributed by atoms with Gasteiger partial charge in [0.15, 0.2) is 5.78 Å². The van der Waals surface area contributed by atoms with Gasteiger partial charge in [0, 0.05) is 23.0 Å². The van der Waals surface area contributed by atoms with E-state index in [0.717, 1.165) is 22.1 Å². The summed E-state index contributed by atoms with van der Waals surface area (Å²) >= 11 is 6.19. The van der Waals surface area contributed by atoms with Gasteiger partial charge in [0.1, 0.15) is 0 Å². The fraction of sp³-hybridized carbons (Fsp3) is 0.0526. The van der Waals surface area contributed by atoms with Crippen molar-refractivity contribution in [2.45, 2.75) is 6.42 Å². The third-order valence-electron chi connectivity index (χ3n) is 3.94. The number of aromatic nitrogens is 1. The summed E-state index contributed by atoms with van der Waals surface area (Å²) in [5.41, 5.74) is 9.13. The number of carbonyl (C=O) groups excluding carboxylic acids is 2. The zero-order valence-corrected chi connectivity index (χ0v) is 13.6. The predicted molar refractivity (Wildman–Crippen MR) is 96.2 cm³/mol. The van der Waals surface area contributed by atoms with E-state index in [1.807, 2.05) is 24.3 Å². The van der Waals surface area contributed by atoms with Crippen molar-refractivity contribution in [1.82, 2.24) is 4.98 Å². The van der Waals surface area contributed by atoms with Crippen LogP contribution in [0.4, 0.5) is 0 Å². The number of nitrogens with two attached hydrogens (primary N) is 1. The molecule has 2 aromatic carbocycles. The van der Waals surface area contributed by atoms with Crippen molar-refractivity contribution in [3.05, 3.63) is 71.4 Å². The Morgan fingerprint density at radius 2 is 2.00 bits per heavy atom. The maximum atomic E-state index is 11.6. The summed E-state index contributed by atoms with van der Waals surface area (Å²) in [6.45, 7) is 3.49. The molecule has 120 valence electrons. The smallest absolute Gasteiger partial charge is 0.250 e. The molecule has 1 aromatic heterocycles. The Kier molecular flexibility index (Phi) is 4.23. The van der Waals surface area contributed by atoms with Gasteiger partial charge in [0.2, 0.25) is 0 Å². The Morgan fingerprint density at radius 1 is 1.21 bits per heavy atom. The van der Waals surface area contributed by atoms with Gasteiger partial charge >= 0.3 is 0 Å². The first-order chi connectivity index (χ1) is 11.5. The van der Waals surface area contributed by atoms with E-state index in [1.54, 1.807) is 18.3 Å². The molecule has 5 heteroatoms. The third-order valence-corrected chi connectivity index (χ3v) is 4.31. The number of fused-ring (bicyclic) bond motifs is 1. The molecule has 4 nitrogen and oxygen atoms in total. The Labute approximate surface area is 143 Å². The highest BCUT2D eigenvalue weighted by Gasteiger charge is 2.13. The molecule has 3 rings (SSSR count). The molecule has 0 saturated heterocycles. The lowest BCUT2D eigenvalue weighted by atomic mass is 9.96. The zero-order valence-electron chi connectivity index (χ0n) is 12.8. The quantitative estimate of drug-likeness (QED) is 0.692. The number of carbonyl (C=O) groups is 2. The van der Waals surface area contributed by atoms with Crippen LogP contribution in [0.2, 0.25) is 5.02 Å². The number of hydrogen-bond donors (Lipinski definition) is 2. The van der Waals surface area contributed by atoms with E-state index in [0.29, 0.717) is 16.1 Å². The molecule has 0 spiro atoms. The number of aromatic amines is 1. The van der Waals surface area contributed by atoms with E-state index in [9.17, 15) is 9.59 Å². The first kappa shape index (κ1) is 16.0. The minimum absolute atomic E-state index is 0.0927. The first-order valence-electron chi connectivity index (χ1n) is 7.35.